The highest BCUT2D eigenvalue weighted by Crippen LogP contribution is 2.29. The van der Waals surface area contributed by atoms with Crippen LogP contribution in [0.4, 0.5) is 5.69 Å². The van der Waals surface area contributed by atoms with E-state index < -0.39 is 23.8 Å². The van der Waals surface area contributed by atoms with E-state index in [0.29, 0.717) is 24.2 Å². The Balaban J connectivity index is 1.28. The fourth-order valence-corrected chi connectivity index (χ4v) is 4.72. The second kappa shape index (κ2) is 8.20. The smallest absolute Gasteiger partial charge is 0.262 e. The van der Waals surface area contributed by atoms with E-state index in [2.05, 4.69) is 34.1 Å². The van der Waals surface area contributed by atoms with Gasteiger partial charge >= 0.3 is 0 Å². The maximum Gasteiger partial charge on any atom is 0.262 e. The maximum absolute atomic E-state index is 13.0. The second-order valence-corrected chi connectivity index (χ2v) is 8.40. The molecular weight excluding hydrogens is 408 g/mol. The predicted molar refractivity (Wildman–Crippen MR) is 117 cm³/mol. The lowest BCUT2D eigenvalue weighted by atomic mass is 9.97. The first-order valence-electron chi connectivity index (χ1n) is 10.9. The van der Waals surface area contributed by atoms with E-state index in [-0.39, 0.29) is 18.7 Å². The zero-order valence-corrected chi connectivity index (χ0v) is 17.6. The summed E-state index contributed by atoms with van der Waals surface area (Å²) in [4.78, 5) is 50.3. The summed E-state index contributed by atoms with van der Waals surface area (Å²) < 4.78 is 0. The number of nitrogens with one attached hydrogen (secondary N) is 3. The van der Waals surface area contributed by atoms with Crippen LogP contribution in [0.25, 0.3) is 0 Å². The Bertz CT molecular complexity index is 1140. The second-order valence-electron chi connectivity index (χ2n) is 8.40. The SMILES string of the molecule is O=C1CCC(N2C(=O)c3ccc(CNCc4cccc5c4CCCN5)cc3C2=O)C(=O)N1. The van der Waals surface area contributed by atoms with E-state index in [4.69, 9.17) is 0 Å². The minimum Gasteiger partial charge on any atom is -0.385 e. The third-order valence-corrected chi connectivity index (χ3v) is 6.34. The molecule has 1 saturated heterocycles. The first-order chi connectivity index (χ1) is 15.5. The monoisotopic (exact) mass is 432 g/mol. The Labute approximate surface area is 185 Å². The highest BCUT2D eigenvalue weighted by molar-refractivity contribution is 6.23. The number of rotatable bonds is 5. The van der Waals surface area contributed by atoms with Crippen LogP contribution < -0.4 is 16.0 Å². The Morgan fingerprint density at radius 3 is 2.66 bits per heavy atom. The molecule has 0 saturated carbocycles. The van der Waals surface area contributed by atoms with Crippen molar-refractivity contribution < 1.29 is 19.2 Å². The molecule has 3 heterocycles. The number of amides is 4. The third-order valence-electron chi connectivity index (χ3n) is 6.34. The van der Waals surface area contributed by atoms with Crippen molar-refractivity contribution in [3.8, 4) is 0 Å². The van der Waals surface area contributed by atoms with Crippen LogP contribution in [0.1, 0.15) is 56.7 Å². The third kappa shape index (κ3) is 3.56. The molecule has 3 aliphatic heterocycles. The number of imide groups is 2. The van der Waals surface area contributed by atoms with Gasteiger partial charge in [0.25, 0.3) is 11.8 Å². The van der Waals surface area contributed by atoms with Gasteiger partial charge in [0.05, 0.1) is 11.1 Å². The van der Waals surface area contributed by atoms with Crippen molar-refractivity contribution in [1.29, 1.82) is 0 Å². The summed E-state index contributed by atoms with van der Waals surface area (Å²) in [7, 11) is 0. The molecule has 0 radical (unpaired) electrons. The highest BCUT2D eigenvalue weighted by Gasteiger charge is 2.44. The maximum atomic E-state index is 13.0. The lowest BCUT2D eigenvalue weighted by Crippen LogP contribution is -2.54. The molecule has 0 aromatic heterocycles. The average Bonchev–Trinajstić information content (AvgIpc) is 3.04. The first kappa shape index (κ1) is 20.4. The quantitative estimate of drug-likeness (QED) is 0.622. The van der Waals surface area contributed by atoms with E-state index in [1.807, 2.05) is 6.07 Å². The van der Waals surface area contributed by atoms with Gasteiger partial charge in [0.15, 0.2) is 0 Å². The summed E-state index contributed by atoms with van der Waals surface area (Å²) in [5.41, 5.74) is 5.29. The summed E-state index contributed by atoms with van der Waals surface area (Å²) in [6, 6.07) is 10.5. The van der Waals surface area contributed by atoms with Crippen LogP contribution in [0.2, 0.25) is 0 Å². The van der Waals surface area contributed by atoms with E-state index in [1.165, 1.54) is 16.8 Å². The Kier molecular flexibility index (Phi) is 5.22. The molecule has 3 aliphatic rings. The molecule has 0 bridgehead atoms. The summed E-state index contributed by atoms with van der Waals surface area (Å²) in [6.45, 7) is 2.25. The van der Waals surface area contributed by atoms with Crippen LogP contribution in [0, 0.1) is 0 Å². The van der Waals surface area contributed by atoms with Crippen LogP contribution in [-0.4, -0.2) is 41.1 Å². The molecule has 2 aromatic carbocycles. The van der Waals surface area contributed by atoms with Crippen molar-refractivity contribution in [1.82, 2.24) is 15.5 Å². The van der Waals surface area contributed by atoms with Gasteiger partial charge in [0, 0.05) is 31.7 Å². The Hall–Kier alpha value is -3.52. The van der Waals surface area contributed by atoms with Gasteiger partial charge in [0.2, 0.25) is 11.8 Å². The van der Waals surface area contributed by atoms with Crippen LogP contribution in [0.3, 0.4) is 0 Å². The summed E-state index contributed by atoms with van der Waals surface area (Å²) in [5, 5.41) is 9.08. The predicted octanol–water partition coefficient (Wildman–Crippen LogP) is 1.74. The normalized spacial score (nSPS) is 20.0. The number of nitrogens with zero attached hydrogens (tertiary/aromatic N) is 1. The van der Waals surface area contributed by atoms with Gasteiger partial charge in [-0.05, 0) is 54.2 Å². The molecule has 8 heteroatoms. The minimum absolute atomic E-state index is 0.109. The molecular formula is C24H24N4O4. The van der Waals surface area contributed by atoms with Gasteiger partial charge < -0.3 is 10.6 Å². The van der Waals surface area contributed by atoms with Crippen molar-refractivity contribution in [2.45, 2.75) is 44.8 Å². The summed E-state index contributed by atoms with van der Waals surface area (Å²) in [5.74, 6) is -1.95. The summed E-state index contributed by atoms with van der Waals surface area (Å²) >= 11 is 0. The molecule has 1 fully saturated rings. The van der Waals surface area contributed by atoms with Gasteiger partial charge in [-0.25, -0.2) is 0 Å². The number of hydrogen-bond acceptors (Lipinski definition) is 6. The number of fused-ring (bicyclic) bond motifs is 2. The lowest BCUT2D eigenvalue weighted by molar-refractivity contribution is -0.136. The van der Waals surface area contributed by atoms with Crippen molar-refractivity contribution in [3.63, 3.8) is 0 Å². The van der Waals surface area contributed by atoms with Gasteiger partial charge in [0.1, 0.15) is 6.04 Å². The van der Waals surface area contributed by atoms with Gasteiger partial charge in [-0.3, -0.25) is 29.4 Å². The number of carbonyl (C=O) groups is 4. The van der Waals surface area contributed by atoms with Crippen molar-refractivity contribution in [3.05, 3.63) is 64.2 Å². The molecule has 3 N–H and O–H groups in total. The number of anilines is 1. The Morgan fingerprint density at radius 2 is 1.81 bits per heavy atom. The van der Waals surface area contributed by atoms with Crippen LogP contribution in [0.15, 0.2) is 36.4 Å². The molecule has 0 aliphatic carbocycles. The zero-order chi connectivity index (χ0) is 22.2. The van der Waals surface area contributed by atoms with Gasteiger partial charge in [-0.1, -0.05) is 18.2 Å². The molecule has 164 valence electrons. The minimum atomic E-state index is -0.945. The standard InChI is InChI=1S/C24H24N4O4/c29-21-9-8-20(22(30)27-21)28-23(31)17-7-6-14(11-18(17)24(28)32)12-25-13-15-3-1-5-19-16(15)4-2-10-26-19/h1,3,5-7,11,20,25-26H,2,4,8-10,12-13H2,(H,27,29,30). The molecule has 0 spiro atoms. The topological polar surface area (TPSA) is 108 Å². The average molecular weight is 432 g/mol. The van der Waals surface area contributed by atoms with Gasteiger partial charge in [-0.2, -0.15) is 0 Å². The molecule has 1 atom stereocenters. The molecule has 32 heavy (non-hydrogen) atoms. The molecule has 8 nitrogen and oxygen atoms in total. The largest absolute Gasteiger partial charge is 0.385 e. The van der Waals surface area contributed by atoms with E-state index in [1.54, 1.807) is 12.1 Å². The molecule has 2 aromatic rings. The van der Waals surface area contributed by atoms with Gasteiger partial charge in [-0.15, -0.1) is 0 Å². The van der Waals surface area contributed by atoms with Crippen molar-refractivity contribution in [2.75, 3.05) is 11.9 Å². The summed E-state index contributed by atoms with van der Waals surface area (Å²) in [6.07, 6.45) is 2.44. The fourth-order valence-electron chi connectivity index (χ4n) is 4.72. The number of hydrogen-bond donors (Lipinski definition) is 3. The number of piperidine rings is 1. The highest BCUT2D eigenvalue weighted by atomic mass is 16.2. The first-order valence-corrected chi connectivity index (χ1v) is 10.9. The van der Waals surface area contributed by atoms with Crippen molar-refractivity contribution >= 4 is 29.3 Å². The van der Waals surface area contributed by atoms with Crippen LogP contribution in [0.5, 0.6) is 0 Å². The van der Waals surface area contributed by atoms with E-state index in [0.717, 1.165) is 29.8 Å². The molecule has 5 rings (SSSR count). The Morgan fingerprint density at radius 1 is 0.969 bits per heavy atom. The van der Waals surface area contributed by atoms with Crippen molar-refractivity contribution in [2.24, 2.45) is 0 Å². The van der Waals surface area contributed by atoms with Crippen LogP contribution >= 0.6 is 0 Å². The van der Waals surface area contributed by atoms with E-state index >= 15 is 0 Å². The van der Waals surface area contributed by atoms with Crippen LogP contribution in [-0.2, 0) is 29.1 Å². The number of benzene rings is 2. The van der Waals surface area contributed by atoms with E-state index in [9.17, 15) is 19.2 Å². The lowest BCUT2D eigenvalue weighted by Gasteiger charge is -2.27. The molecule has 1 unspecified atom stereocenters. The zero-order valence-electron chi connectivity index (χ0n) is 17.6. The number of carbonyl (C=O) groups excluding carboxylic acids is 4. The fraction of sp³-hybridized carbons (Fsp3) is 0.333. The molecule has 4 amide bonds.